The smallest absolute Gasteiger partial charge is 0.196 e. The number of benzene rings is 1. The average Bonchev–Trinajstić information content (AvgIpc) is 2.82. The molecule has 2 aromatic rings. The van der Waals surface area contributed by atoms with Crippen LogP contribution in [0.25, 0.3) is 10.9 Å². The van der Waals surface area contributed by atoms with Crippen LogP contribution in [-0.2, 0) is 9.47 Å². The van der Waals surface area contributed by atoms with Crippen LogP contribution in [0.15, 0.2) is 28.9 Å². The van der Waals surface area contributed by atoms with Gasteiger partial charge in [-0.2, -0.15) is 0 Å². The van der Waals surface area contributed by atoms with Crippen LogP contribution in [0.1, 0.15) is 10.4 Å². The Hall–Kier alpha value is -1.17. The molecular weight excluding hydrogens is 298 g/mol. The van der Waals surface area contributed by atoms with E-state index in [9.17, 15) is 4.79 Å². The number of aromatic amines is 1. The van der Waals surface area contributed by atoms with Gasteiger partial charge in [-0.1, -0.05) is 15.9 Å². The minimum atomic E-state index is -0.489. The summed E-state index contributed by atoms with van der Waals surface area (Å²) in [6.45, 7) is 1.37. The zero-order valence-corrected chi connectivity index (χ0v) is 11.2. The number of nitrogens with one attached hydrogen (secondary N) is 1. The first-order valence-corrected chi connectivity index (χ1v) is 6.55. The van der Waals surface area contributed by atoms with Gasteiger partial charge in [-0.3, -0.25) is 4.79 Å². The molecular formula is C13H12BrNO3. The number of rotatable bonds is 2. The quantitative estimate of drug-likeness (QED) is 0.867. The summed E-state index contributed by atoms with van der Waals surface area (Å²) in [6.07, 6.45) is 1.24. The van der Waals surface area contributed by atoms with Gasteiger partial charge in [-0.05, 0) is 18.2 Å². The summed E-state index contributed by atoms with van der Waals surface area (Å²) in [6, 6.07) is 5.81. The van der Waals surface area contributed by atoms with Gasteiger partial charge in [-0.25, -0.2) is 0 Å². The number of aromatic nitrogens is 1. The molecule has 1 aromatic heterocycles. The van der Waals surface area contributed by atoms with Crippen LogP contribution in [0.3, 0.4) is 0 Å². The largest absolute Gasteiger partial charge is 0.376 e. The van der Waals surface area contributed by atoms with Gasteiger partial charge >= 0.3 is 0 Å². The first-order valence-electron chi connectivity index (χ1n) is 5.76. The first kappa shape index (κ1) is 11.9. The molecule has 1 fully saturated rings. The van der Waals surface area contributed by atoms with E-state index in [1.807, 2.05) is 18.2 Å². The topological polar surface area (TPSA) is 51.3 Å². The van der Waals surface area contributed by atoms with Crippen LogP contribution in [0, 0.1) is 0 Å². The Kier molecular flexibility index (Phi) is 3.20. The molecule has 0 radical (unpaired) electrons. The Bertz CT molecular complexity index is 587. The maximum Gasteiger partial charge on any atom is 0.196 e. The molecule has 0 spiro atoms. The summed E-state index contributed by atoms with van der Waals surface area (Å²) in [4.78, 5) is 15.4. The third-order valence-corrected chi connectivity index (χ3v) is 3.51. The molecule has 2 heterocycles. The summed E-state index contributed by atoms with van der Waals surface area (Å²) in [7, 11) is 0. The zero-order valence-electron chi connectivity index (χ0n) is 9.61. The molecule has 94 valence electrons. The Morgan fingerprint density at radius 1 is 1.39 bits per heavy atom. The van der Waals surface area contributed by atoms with Gasteiger partial charge < -0.3 is 14.5 Å². The number of halogens is 1. The van der Waals surface area contributed by atoms with Crippen LogP contribution in [0.2, 0.25) is 0 Å². The summed E-state index contributed by atoms with van der Waals surface area (Å²) in [5.74, 6) is -0.0287. The third kappa shape index (κ3) is 2.09. The molecule has 1 atom stereocenters. The minimum Gasteiger partial charge on any atom is -0.376 e. The highest BCUT2D eigenvalue weighted by atomic mass is 79.9. The molecule has 5 heteroatoms. The molecule has 0 aliphatic carbocycles. The molecule has 1 N–H and O–H groups in total. The van der Waals surface area contributed by atoms with Crippen molar-refractivity contribution in [2.75, 3.05) is 19.8 Å². The average molecular weight is 310 g/mol. The highest BCUT2D eigenvalue weighted by Crippen LogP contribution is 2.24. The normalized spacial score (nSPS) is 20.2. The van der Waals surface area contributed by atoms with E-state index >= 15 is 0 Å². The fraction of sp³-hybridized carbons (Fsp3) is 0.308. The summed E-state index contributed by atoms with van der Waals surface area (Å²) in [5.41, 5.74) is 1.60. The van der Waals surface area contributed by atoms with E-state index < -0.39 is 6.10 Å². The fourth-order valence-electron chi connectivity index (χ4n) is 2.11. The van der Waals surface area contributed by atoms with Crippen LogP contribution in [0.5, 0.6) is 0 Å². The zero-order chi connectivity index (χ0) is 12.5. The second-order valence-corrected chi connectivity index (χ2v) is 5.11. The van der Waals surface area contributed by atoms with Crippen LogP contribution >= 0.6 is 15.9 Å². The van der Waals surface area contributed by atoms with Gasteiger partial charge in [0.05, 0.1) is 19.8 Å². The van der Waals surface area contributed by atoms with Crippen LogP contribution < -0.4 is 0 Å². The second kappa shape index (κ2) is 4.84. The maximum atomic E-state index is 12.3. The van der Waals surface area contributed by atoms with Crippen molar-refractivity contribution in [3.05, 3.63) is 34.4 Å². The Labute approximate surface area is 112 Å². The lowest BCUT2D eigenvalue weighted by Crippen LogP contribution is -2.35. The summed E-state index contributed by atoms with van der Waals surface area (Å²) < 4.78 is 11.7. The minimum absolute atomic E-state index is 0.0287. The predicted molar refractivity (Wildman–Crippen MR) is 70.9 cm³/mol. The van der Waals surface area contributed by atoms with E-state index in [2.05, 4.69) is 20.9 Å². The van der Waals surface area contributed by atoms with E-state index in [0.29, 0.717) is 25.4 Å². The number of H-pyrrole nitrogens is 1. The molecule has 18 heavy (non-hydrogen) atoms. The molecule has 1 saturated heterocycles. The SMILES string of the molecule is O=C(c1c[nH]c2ccc(Br)cc12)C1COCCO1. The Morgan fingerprint density at radius 2 is 2.28 bits per heavy atom. The summed E-state index contributed by atoms with van der Waals surface area (Å²) in [5, 5.41) is 0.906. The number of ketones is 1. The lowest BCUT2D eigenvalue weighted by atomic mass is 10.1. The highest BCUT2D eigenvalue weighted by Gasteiger charge is 2.25. The molecule has 4 nitrogen and oxygen atoms in total. The Balaban J connectivity index is 1.98. The van der Waals surface area contributed by atoms with E-state index in [0.717, 1.165) is 15.4 Å². The number of fused-ring (bicyclic) bond motifs is 1. The predicted octanol–water partition coefficient (Wildman–Crippen LogP) is 2.53. The molecule has 1 aliphatic heterocycles. The van der Waals surface area contributed by atoms with Crippen molar-refractivity contribution < 1.29 is 14.3 Å². The van der Waals surface area contributed by atoms with Crippen molar-refractivity contribution in [2.45, 2.75) is 6.10 Å². The van der Waals surface area contributed by atoms with Gasteiger partial charge in [0.25, 0.3) is 0 Å². The van der Waals surface area contributed by atoms with Gasteiger partial charge in [-0.15, -0.1) is 0 Å². The second-order valence-electron chi connectivity index (χ2n) is 4.19. The maximum absolute atomic E-state index is 12.3. The van der Waals surface area contributed by atoms with Crippen molar-refractivity contribution in [1.29, 1.82) is 0 Å². The number of hydrogen-bond acceptors (Lipinski definition) is 3. The molecule has 1 unspecified atom stereocenters. The van der Waals surface area contributed by atoms with Crippen molar-refractivity contribution in [2.24, 2.45) is 0 Å². The van der Waals surface area contributed by atoms with E-state index in [1.54, 1.807) is 6.20 Å². The van der Waals surface area contributed by atoms with E-state index in [-0.39, 0.29) is 5.78 Å². The third-order valence-electron chi connectivity index (χ3n) is 3.02. The van der Waals surface area contributed by atoms with Gasteiger partial charge in [0.1, 0.15) is 6.10 Å². The number of carbonyl (C=O) groups is 1. The van der Waals surface area contributed by atoms with Crippen molar-refractivity contribution in [1.82, 2.24) is 4.98 Å². The lowest BCUT2D eigenvalue weighted by molar-refractivity contribution is -0.0718. The van der Waals surface area contributed by atoms with Gasteiger partial charge in [0.15, 0.2) is 5.78 Å². The highest BCUT2D eigenvalue weighted by molar-refractivity contribution is 9.10. The van der Waals surface area contributed by atoms with Gasteiger partial charge in [0, 0.05) is 27.1 Å². The standard InChI is InChI=1S/C13H12BrNO3/c14-8-1-2-11-9(5-8)10(6-15-11)13(16)12-7-17-3-4-18-12/h1-2,5-6,12,15H,3-4,7H2. The molecule has 0 saturated carbocycles. The van der Waals surface area contributed by atoms with Crippen molar-refractivity contribution in [3.8, 4) is 0 Å². The van der Waals surface area contributed by atoms with Gasteiger partial charge in [0.2, 0.25) is 0 Å². The molecule has 0 amide bonds. The van der Waals surface area contributed by atoms with Crippen molar-refractivity contribution >= 4 is 32.6 Å². The number of ether oxygens (including phenoxy) is 2. The number of carbonyl (C=O) groups excluding carboxylic acids is 1. The molecule has 3 rings (SSSR count). The molecule has 1 aliphatic rings. The first-order chi connectivity index (χ1) is 8.75. The van der Waals surface area contributed by atoms with Crippen LogP contribution in [-0.4, -0.2) is 36.7 Å². The fourth-order valence-corrected chi connectivity index (χ4v) is 2.47. The Morgan fingerprint density at radius 3 is 3.06 bits per heavy atom. The number of Topliss-reactive ketones (excluding diaryl/α,β-unsaturated/α-hetero) is 1. The molecule has 1 aromatic carbocycles. The molecule has 0 bridgehead atoms. The van der Waals surface area contributed by atoms with Crippen molar-refractivity contribution in [3.63, 3.8) is 0 Å². The van der Waals surface area contributed by atoms with E-state index in [1.165, 1.54) is 0 Å². The summed E-state index contributed by atoms with van der Waals surface area (Å²) >= 11 is 3.42. The van der Waals surface area contributed by atoms with Crippen LogP contribution in [0.4, 0.5) is 0 Å². The van der Waals surface area contributed by atoms with E-state index in [4.69, 9.17) is 9.47 Å². The monoisotopic (exact) mass is 309 g/mol. The lowest BCUT2D eigenvalue weighted by Gasteiger charge is -2.21. The number of hydrogen-bond donors (Lipinski definition) is 1.